The first kappa shape index (κ1) is 17.0. The summed E-state index contributed by atoms with van der Waals surface area (Å²) in [5.74, 6) is 0. The number of anilines is 1. The minimum absolute atomic E-state index is 0.0850. The van der Waals surface area contributed by atoms with Gasteiger partial charge in [-0.15, -0.1) is 0 Å². The quantitative estimate of drug-likeness (QED) is 0.620. The molecule has 0 aliphatic rings. The second-order valence-electron chi connectivity index (χ2n) is 5.21. The monoisotopic (exact) mass is 334 g/mol. The lowest BCUT2D eigenvalue weighted by atomic mass is 10.2. The Morgan fingerprint density at radius 2 is 1.83 bits per heavy atom. The van der Waals surface area contributed by atoms with E-state index in [1.807, 2.05) is 13.0 Å². The van der Waals surface area contributed by atoms with Gasteiger partial charge >= 0.3 is 0 Å². The molecule has 0 aromatic heterocycles. The summed E-state index contributed by atoms with van der Waals surface area (Å²) in [6.45, 7) is 5.41. The largest absolute Gasteiger partial charge is 0.273 e. The summed E-state index contributed by atoms with van der Waals surface area (Å²) >= 11 is 0. The molecule has 122 valence electrons. The van der Waals surface area contributed by atoms with Crippen molar-refractivity contribution in [3.05, 3.63) is 63.7 Å². The summed E-state index contributed by atoms with van der Waals surface area (Å²) in [6, 6.07) is 11.1. The van der Waals surface area contributed by atoms with E-state index in [-0.39, 0.29) is 17.1 Å². The molecule has 0 saturated carbocycles. The van der Waals surface area contributed by atoms with Crippen LogP contribution < -0.4 is 4.31 Å². The normalized spacial score (nSPS) is 11.3. The minimum atomic E-state index is -3.86. The third-order valence-corrected chi connectivity index (χ3v) is 5.44. The molecule has 0 saturated heterocycles. The zero-order valence-corrected chi connectivity index (χ0v) is 14.0. The molecule has 2 aromatic carbocycles. The maximum absolute atomic E-state index is 12.9. The van der Waals surface area contributed by atoms with Crippen LogP contribution in [-0.2, 0) is 10.0 Å². The van der Waals surface area contributed by atoms with Crippen LogP contribution in [0.3, 0.4) is 0 Å². The van der Waals surface area contributed by atoms with Crippen LogP contribution in [0.2, 0.25) is 0 Å². The van der Waals surface area contributed by atoms with Crippen molar-refractivity contribution in [3.8, 4) is 0 Å². The Bertz CT molecular complexity index is 847. The number of nitro groups is 1. The number of hydrogen-bond acceptors (Lipinski definition) is 4. The lowest BCUT2D eigenvalue weighted by Gasteiger charge is -2.23. The second kappa shape index (κ2) is 6.37. The van der Waals surface area contributed by atoms with Gasteiger partial charge in [-0.2, -0.15) is 0 Å². The Balaban J connectivity index is 2.56. The summed E-state index contributed by atoms with van der Waals surface area (Å²) in [5.41, 5.74) is 1.70. The zero-order valence-electron chi connectivity index (χ0n) is 13.2. The fraction of sp³-hybridized carbons (Fsp3) is 0.250. The van der Waals surface area contributed by atoms with Crippen LogP contribution in [0.1, 0.15) is 18.1 Å². The predicted octanol–water partition coefficient (Wildman–Crippen LogP) is 3.43. The first-order valence-corrected chi connectivity index (χ1v) is 8.56. The standard InChI is InChI=1S/C16H18N2O4S/c1-4-17(14-7-5-6-12(2)10-14)23(21,22)15-9-8-13(3)16(11-15)18(19)20/h5-11H,4H2,1-3H3. The van der Waals surface area contributed by atoms with Gasteiger partial charge in [-0.1, -0.05) is 18.2 Å². The molecule has 0 unspecified atom stereocenters. The van der Waals surface area contributed by atoms with Crippen molar-refractivity contribution >= 4 is 21.4 Å². The average Bonchev–Trinajstić information content (AvgIpc) is 2.47. The maximum atomic E-state index is 12.9. The Kier molecular flexibility index (Phi) is 4.70. The van der Waals surface area contributed by atoms with E-state index in [4.69, 9.17) is 0 Å². The molecular weight excluding hydrogens is 316 g/mol. The Morgan fingerprint density at radius 3 is 2.39 bits per heavy atom. The Morgan fingerprint density at radius 1 is 1.13 bits per heavy atom. The van der Waals surface area contributed by atoms with Crippen molar-refractivity contribution in [3.63, 3.8) is 0 Å². The lowest BCUT2D eigenvalue weighted by molar-refractivity contribution is -0.385. The third kappa shape index (κ3) is 3.34. The molecule has 0 atom stereocenters. The molecule has 0 fully saturated rings. The van der Waals surface area contributed by atoms with E-state index < -0.39 is 14.9 Å². The highest BCUT2D eigenvalue weighted by atomic mass is 32.2. The van der Waals surface area contributed by atoms with Crippen LogP contribution in [0.15, 0.2) is 47.4 Å². The van der Waals surface area contributed by atoms with Gasteiger partial charge in [0.2, 0.25) is 0 Å². The van der Waals surface area contributed by atoms with E-state index in [0.29, 0.717) is 11.3 Å². The van der Waals surface area contributed by atoms with Gasteiger partial charge < -0.3 is 0 Å². The molecule has 0 amide bonds. The molecule has 6 nitrogen and oxygen atoms in total. The van der Waals surface area contributed by atoms with Crippen molar-refractivity contribution in [2.24, 2.45) is 0 Å². The molecule has 0 N–H and O–H groups in total. The molecular formula is C16H18N2O4S. The molecule has 0 heterocycles. The lowest BCUT2D eigenvalue weighted by Crippen LogP contribution is -2.30. The smallest absolute Gasteiger partial charge is 0.267 e. The van der Waals surface area contributed by atoms with E-state index in [1.54, 1.807) is 32.0 Å². The van der Waals surface area contributed by atoms with Crippen LogP contribution >= 0.6 is 0 Å². The number of hydrogen-bond donors (Lipinski definition) is 0. The zero-order chi connectivity index (χ0) is 17.2. The first-order valence-electron chi connectivity index (χ1n) is 7.12. The number of rotatable bonds is 5. The second-order valence-corrected chi connectivity index (χ2v) is 7.08. The van der Waals surface area contributed by atoms with Gasteiger partial charge in [0.05, 0.1) is 15.5 Å². The molecule has 7 heteroatoms. The number of aryl methyl sites for hydroxylation is 2. The molecule has 23 heavy (non-hydrogen) atoms. The number of sulfonamides is 1. The summed E-state index contributed by atoms with van der Waals surface area (Å²) in [5, 5.41) is 11.1. The van der Waals surface area contributed by atoms with Gasteiger partial charge in [0.25, 0.3) is 15.7 Å². The summed E-state index contributed by atoms with van der Waals surface area (Å²) < 4.78 is 27.0. The molecule has 0 bridgehead atoms. The van der Waals surface area contributed by atoms with E-state index in [9.17, 15) is 18.5 Å². The van der Waals surface area contributed by atoms with Gasteiger partial charge in [0, 0.05) is 18.2 Å². The van der Waals surface area contributed by atoms with E-state index >= 15 is 0 Å². The van der Waals surface area contributed by atoms with Gasteiger partial charge in [0.1, 0.15) is 0 Å². The molecule has 2 aromatic rings. The topological polar surface area (TPSA) is 80.5 Å². The van der Waals surface area contributed by atoms with Crippen LogP contribution in [-0.4, -0.2) is 19.9 Å². The highest BCUT2D eigenvalue weighted by Crippen LogP contribution is 2.28. The average molecular weight is 334 g/mol. The summed E-state index contributed by atoms with van der Waals surface area (Å²) in [6.07, 6.45) is 0. The van der Waals surface area contributed by atoms with E-state index in [2.05, 4.69) is 0 Å². The van der Waals surface area contributed by atoms with Crippen molar-refractivity contribution in [1.29, 1.82) is 0 Å². The van der Waals surface area contributed by atoms with Crippen LogP contribution in [0.5, 0.6) is 0 Å². The van der Waals surface area contributed by atoms with Crippen molar-refractivity contribution < 1.29 is 13.3 Å². The predicted molar refractivity (Wildman–Crippen MR) is 89.2 cm³/mol. The highest BCUT2D eigenvalue weighted by molar-refractivity contribution is 7.92. The number of benzene rings is 2. The van der Waals surface area contributed by atoms with E-state index in [0.717, 1.165) is 11.6 Å². The van der Waals surface area contributed by atoms with Crippen LogP contribution in [0.25, 0.3) is 0 Å². The first-order chi connectivity index (χ1) is 10.8. The molecule has 0 aliphatic carbocycles. The van der Waals surface area contributed by atoms with Gasteiger partial charge in [-0.3, -0.25) is 14.4 Å². The molecule has 2 rings (SSSR count). The van der Waals surface area contributed by atoms with Gasteiger partial charge in [0.15, 0.2) is 0 Å². The van der Waals surface area contributed by atoms with Crippen molar-refractivity contribution in [2.75, 3.05) is 10.8 Å². The van der Waals surface area contributed by atoms with Crippen LogP contribution in [0, 0.1) is 24.0 Å². The fourth-order valence-corrected chi connectivity index (χ4v) is 3.83. The highest BCUT2D eigenvalue weighted by Gasteiger charge is 2.26. The Labute approximate surface area is 135 Å². The maximum Gasteiger partial charge on any atom is 0.273 e. The van der Waals surface area contributed by atoms with Gasteiger partial charge in [-0.25, -0.2) is 8.42 Å². The molecule has 0 spiro atoms. The SMILES string of the molecule is CCN(c1cccc(C)c1)S(=O)(=O)c1ccc(C)c([N+](=O)[O-])c1. The van der Waals surface area contributed by atoms with Crippen LogP contribution in [0.4, 0.5) is 11.4 Å². The molecule has 0 radical (unpaired) electrons. The van der Waals surface area contributed by atoms with Crippen molar-refractivity contribution in [2.45, 2.75) is 25.7 Å². The van der Waals surface area contributed by atoms with Crippen molar-refractivity contribution in [1.82, 2.24) is 0 Å². The summed E-state index contributed by atoms with van der Waals surface area (Å²) in [4.78, 5) is 10.4. The van der Waals surface area contributed by atoms with E-state index in [1.165, 1.54) is 16.4 Å². The van der Waals surface area contributed by atoms with Gasteiger partial charge in [-0.05, 0) is 44.5 Å². The fourth-order valence-electron chi connectivity index (χ4n) is 2.35. The number of nitrogens with zero attached hydrogens (tertiary/aromatic N) is 2. The summed E-state index contributed by atoms with van der Waals surface area (Å²) in [7, 11) is -3.86. The molecule has 0 aliphatic heterocycles. The minimum Gasteiger partial charge on any atom is -0.267 e. The number of nitro benzene ring substituents is 1. The third-order valence-electron chi connectivity index (χ3n) is 3.54. The Hall–Kier alpha value is -2.41.